The highest BCUT2D eigenvalue weighted by Crippen LogP contribution is 2.29. The van der Waals surface area contributed by atoms with Gasteiger partial charge in [-0.15, -0.1) is 0 Å². The number of halogens is 3. The highest BCUT2D eigenvalue weighted by molar-refractivity contribution is 6.04. The molecule has 0 spiro atoms. The highest BCUT2D eigenvalue weighted by atomic mass is 19.4. The maximum atomic E-state index is 12.9. The molecule has 0 bridgehead atoms. The van der Waals surface area contributed by atoms with Crippen molar-refractivity contribution in [1.29, 1.82) is 0 Å². The molecule has 174 valence electrons. The molecule has 0 aliphatic carbocycles. The van der Waals surface area contributed by atoms with Gasteiger partial charge in [0.05, 0.1) is 35.5 Å². The number of alkyl halides is 3. The largest absolute Gasteiger partial charge is 0.416 e. The summed E-state index contributed by atoms with van der Waals surface area (Å²) in [5.74, 6) is -0.389. The van der Waals surface area contributed by atoms with Gasteiger partial charge >= 0.3 is 11.9 Å². The Morgan fingerprint density at radius 3 is 2.32 bits per heavy atom. The molecule has 0 unspecified atom stereocenters. The maximum absolute atomic E-state index is 12.9. The fourth-order valence-electron chi connectivity index (χ4n) is 3.23. The minimum atomic E-state index is -4.43. The van der Waals surface area contributed by atoms with E-state index in [2.05, 4.69) is 15.5 Å². The van der Waals surface area contributed by atoms with Gasteiger partial charge in [0.2, 0.25) is 0 Å². The SMILES string of the molecule is O=C(Nc1cnn(Cc2cccc(C(F)(F)F)c2)c1)c1ccc(Cn2cc([N+](=O)[O-])cn2)cc1. The van der Waals surface area contributed by atoms with E-state index in [0.29, 0.717) is 23.4 Å². The molecule has 34 heavy (non-hydrogen) atoms. The summed E-state index contributed by atoms with van der Waals surface area (Å²) in [5.41, 5.74) is 1.15. The molecule has 9 nitrogen and oxygen atoms in total. The number of nitro groups is 1. The lowest BCUT2D eigenvalue weighted by Gasteiger charge is -2.08. The number of aromatic nitrogens is 4. The lowest BCUT2D eigenvalue weighted by molar-refractivity contribution is -0.385. The van der Waals surface area contributed by atoms with Crippen molar-refractivity contribution in [2.24, 2.45) is 0 Å². The van der Waals surface area contributed by atoms with E-state index in [0.717, 1.165) is 23.9 Å². The second kappa shape index (κ2) is 9.17. The topological polar surface area (TPSA) is 108 Å². The van der Waals surface area contributed by atoms with E-state index in [9.17, 15) is 28.1 Å². The molecule has 0 atom stereocenters. The molecule has 0 saturated carbocycles. The molecule has 2 aromatic heterocycles. The first-order valence-corrected chi connectivity index (χ1v) is 9.93. The lowest BCUT2D eigenvalue weighted by Crippen LogP contribution is -2.11. The number of anilines is 1. The van der Waals surface area contributed by atoms with E-state index in [1.54, 1.807) is 30.3 Å². The van der Waals surface area contributed by atoms with Crippen LogP contribution < -0.4 is 5.32 Å². The molecule has 0 radical (unpaired) electrons. The molecule has 4 aromatic rings. The van der Waals surface area contributed by atoms with Gasteiger partial charge in [0.25, 0.3) is 5.91 Å². The first-order chi connectivity index (χ1) is 16.2. The molecule has 12 heteroatoms. The molecule has 2 heterocycles. The summed E-state index contributed by atoms with van der Waals surface area (Å²) >= 11 is 0. The molecule has 0 aliphatic heterocycles. The van der Waals surface area contributed by atoms with E-state index >= 15 is 0 Å². The summed E-state index contributed by atoms with van der Waals surface area (Å²) < 4.78 is 41.5. The number of carbonyl (C=O) groups excluding carboxylic acids is 1. The number of hydrogen-bond acceptors (Lipinski definition) is 5. The predicted molar refractivity (Wildman–Crippen MR) is 115 cm³/mol. The van der Waals surface area contributed by atoms with Gasteiger partial charge in [0.15, 0.2) is 0 Å². The van der Waals surface area contributed by atoms with E-state index in [1.165, 1.54) is 34.0 Å². The zero-order valence-electron chi connectivity index (χ0n) is 17.4. The van der Waals surface area contributed by atoms with Gasteiger partial charge in [-0.2, -0.15) is 23.4 Å². The van der Waals surface area contributed by atoms with Gasteiger partial charge in [-0.3, -0.25) is 24.3 Å². The zero-order chi connectivity index (χ0) is 24.3. The minimum absolute atomic E-state index is 0.107. The van der Waals surface area contributed by atoms with Gasteiger partial charge in [-0.25, -0.2) is 0 Å². The second-order valence-corrected chi connectivity index (χ2v) is 7.43. The van der Waals surface area contributed by atoms with Crippen molar-refractivity contribution in [3.05, 3.63) is 106 Å². The van der Waals surface area contributed by atoms with E-state index < -0.39 is 16.7 Å². The van der Waals surface area contributed by atoms with Crippen molar-refractivity contribution in [3.8, 4) is 0 Å². The molecule has 0 aliphatic rings. The van der Waals surface area contributed by atoms with Gasteiger partial charge in [0, 0.05) is 11.8 Å². The summed E-state index contributed by atoms with van der Waals surface area (Å²) in [7, 11) is 0. The summed E-state index contributed by atoms with van der Waals surface area (Å²) in [6.07, 6.45) is 0.986. The Morgan fingerprint density at radius 2 is 1.65 bits per heavy atom. The van der Waals surface area contributed by atoms with Crippen LogP contribution in [0.1, 0.15) is 27.0 Å². The van der Waals surface area contributed by atoms with Crippen LogP contribution in [0, 0.1) is 10.1 Å². The Labute approximate surface area is 190 Å². The van der Waals surface area contributed by atoms with E-state index in [-0.39, 0.29) is 18.1 Å². The monoisotopic (exact) mass is 470 g/mol. The average Bonchev–Trinajstić information content (AvgIpc) is 3.43. The van der Waals surface area contributed by atoms with Crippen LogP contribution in [0.4, 0.5) is 24.5 Å². The van der Waals surface area contributed by atoms with Crippen LogP contribution in [-0.2, 0) is 19.3 Å². The normalized spacial score (nSPS) is 11.4. The number of benzene rings is 2. The van der Waals surface area contributed by atoms with Crippen LogP contribution in [0.3, 0.4) is 0 Å². The first-order valence-electron chi connectivity index (χ1n) is 9.93. The predicted octanol–water partition coefficient (Wildman–Crippen LogP) is 4.36. The van der Waals surface area contributed by atoms with E-state index in [4.69, 9.17) is 0 Å². The quantitative estimate of drug-likeness (QED) is 0.319. The Kier molecular flexibility index (Phi) is 6.13. The fourth-order valence-corrected chi connectivity index (χ4v) is 3.23. The molecule has 4 rings (SSSR count). The number of carbonyl (C=O) groups is 1. The number of nitrogens with zero attached hydrogens (tertiary/aromatic N) is 5. The van der Waals surface area contributed by atoms with Crippen LogP contribution in [0.5, 0.6) is 0 Å². The van der Waals surface area contributed by atoms with Gasteiger partial charge in [-0.05, 0) is 35.4 Å². The number of rotatable bonds is 7. The highest BCUT2D eigenvalue weighted by Gasteiger charge is 2.30. The van der Waals surface area contributed by atoms with Crippen molar-refractivity contribution in [2.75, 3.05) is 5.32 Å². The van der Waals surface area contributed by atoms with Gasteiger partial charge < -0.3 is 5.32 Å². The summed E-state index contributed by atoms with van der Waals surface area (Å²) in [5, 5.41) is 21.4. The number of nitrogens with one attached hydrogen (secondary N) is 1. The van der Waals surface area contributed by atoms with Gasteiger partial charge in [-0.1, -0.05) is 24.3 Å². The molecule has 1 N–H and O–H groups in total. The van der Waals surface area contributed by atoms with Crippen molar-refractivity contribution in [1.82, 2.24) is 19.6 Å². The standard InChI is InChI=1S/C22H17F3N6O3/c23-22(24,25)18-3-1-2-16(8-18)12-29-13-19(9-26-29)28-21(32)17-6-4-15(5-7-17)11-30-14-20(10-27-30)31(33)34/h1-10,13-14H,11-12H2,(H,28,32). The van der Waals surface area contributed by atoms with Crippen molar-refractivity contribution >= 4 is 17.3 Å². The van der Waals surface area contributed by atoms with Gasteiger partial charge in [0.1, 0.15) is 12.4 Å². The minimum Gasteiger partial charge on any atom is -0.319 e. The Morgan fingerprint density at radius 1 is 0.971 bits per heavy atom. The summed E-state index contributed by atoms with van der Waals surface area (Å²) in [6, 6.07) is 11.6. The first kappa shape index (κ1) is 22.7. The van der Waals surface area contributed by atoms with Crippen LogP contribution in [0.25, 0.3) is 0 Å². The third-order valence-corrected chi connectivity index (χ3v) is 4.88. The molecule has 0 fully saturated rings. The Balaban J connectivity index is 1.36. The third-order valence-electron chi connectivity index (χ3n) is 4.88. The van der Waals surface area contributed by atoms with Crippen LogP contribution in [-0.4, -0.2) is 30.4 Å². The molecule has 1 amide bonds. The molecule has 0 saturated heterocycles. The van der Waals surface area contributed by atoms with Crippen LogP contribution >= 0.6 is 0 Å². The Bertz CT molecular complexity index is 1330. The summed E-state index contributed by atoms with van der Waals surface area (Å²) in [6.45, 7) is 0.415. The van der Waals surface area contributed by atoms with E-state index in [1.807, 2.05) is 0 Å². The maximum Gasteiger partial charge on any atom is 0.416 e. The smallest absolute Gasteiger partial charge is 0.319 e. The van der Waals surface area contributed by atoms with Crippen molar-refractivity contribution < 1.29 is 22.9 Å². The number of hydrogen-bond donors (Lipinski definition) is 1. The fraction of sp³-hybridized carbons (Fsp3) is 0.136. The average molecular weight is 470 g/mol. The molecular weight excluding hydrogens is 453 g/mol. The molecule has 2 aromatic carbocycles. The Hall–Kier alpha value is -4.48. The van der Waals surface area contributed by atoms with Crippen LogP contribution in [0.15, 0.2) is 73.3 Å². The van der Waals surface area contributed by atoms with Crippen LogP contribution in [0.2, 0.25) is 0 Å². The van der Waals surface area contributed by atoms with Crippen molar-refractivity contribution in [3.63, 3.8) is 0 Å². The third kappa shape index (κ3) is 5.46. The van der Waals surface area contributed by atoms with Crippen molar-refractivity contribution in [2.45, 2.75) is 19.3 Å². The second-order valence-electron chi connectivity index (χ2n) is 7.43. The molecular formula is C22H17F3N6O3. The lowest BCUT2D eigenvalue weighted by atomic mass is 10.1. The zero-order valence-corrected chi connectivity index (χ0v) is 17.4. The summed E-state index contributed by atoms with van der Waals surface area (Å²) in [4.78, 5) is 22.7. The number of amides is 1.